The van der Waals surface area contributed by atoms with Gasteiger partial charge >= 0.3 is 11.9 Å². The van der Waals surface area contributed by atoms with E-state index in [4.69, 9.17) is 18.9 Å². The van der Waals surface area contributed by atoms with Crippen molar-refractivity contribution in [1.82, 2.24) is 10.3 Å². The summed E-state index contributed by atoms with van der Waals surface area (Å²) in [5.41, 5.74) is -0.208. The summed E-state index contributed by atoms with van der Waals surface area (Å²) in [7, 11) is 1.36. The molecule has 9 nitrogen and oxygen atoms in total. The summed E-state index contributed by atoms with van der Waals surface area (Å²) in [6.07, 6.45) is 4.24. The lowest BCUT2D eigenvalue weighted by Gasteiger charge is -2.30. The monoisotopic (exact) mass is 502 g/mol. The van der Waals surface area contributed by atoms with Crippen LogP contribution in [-0.4, -0.2) is 48.2 Å². The molecule has 2 aromatic rings. The van der Waals surface area contributed by atoms with Crippen molar-refractivity contribution in [2.24, 2.45) is 5.92 Å². The van der Waals surface area contributed by atoms with Gasteiger partial charge < -0.3 is 24.3 Å². The van der Waals surface area contributed by atoms with E-state index in [0.717, 1.165) is 25.7 Å². The predicted octanol–water partition coefficient (Wildman–Crippen LogP) is 3.84. The third kappa shape index (κ3) is 6.93. The number of nitrogens with zero attached hydrogens (tertiary/aromatic N) is 1. The number of pyridine rings is 1. The lowest BCUT2D eigenvalue weighted by atomic mass is 9.96. The van der Waals surface area contributed by atoms with Crippen LogP contribution in [0.2, 0.25) is 0 Å². The number of hydrogen-bond donors (Lipinski definition) is 1. The molecule has 1 amide bonds. The molecule has 1 aromatic heterocycles. The molecule has 1 heterocycles. The molecule has 1 aromatic carbocycles. The fourth-order valence-electron chi connectivity index (χ4n) is 4.20. The molecule has 1 N–H and O–H groups in total. The van der Waals surface area contributed by atoms with Gasteiger partial charge in [-0.2, -0.15) is 0 Å². The molecule has 0 aliphatic heterocycles. The molecule has 1 fully saturated rings. The highest BCUT2D eigenvalue weighted by Crippen LogP contribution is 2.33. The van der Waals surface area contributed by atoms with Crippen LogP contribution in [-0.2, 0) is 14.3 Å². The van der Waals surface area contributed by atoms with E-state index in [1.807, 2.05) is 0 Å². The Labute approximate surface area is 209 Å². The van der Waals surface area contributed by atoms with Gasteiger partial charge in [0.15, 0.2) is 11.4 Å². The summed E-state index contributed by atoms with van der Waals surface area (Å²) in [4.78, 5) is 41.2. The van der Waals surface area contributed by atoms with E-state index in [1.165, 1.54) is 57.5 Å². The normalized spacial score (nSPS) is 15.9. The van der Waals surface area contributed by atoms with Crippen LogP contribution in [0.25, 0.3) is 0 Å². The zero-order chi connectivity index (χ0) is 26.2. The van der Waals surface area contributed by atoms with Crippen LogP contribution in [0.1, 0.15) is 56.9 Å². The van der Waals surface area contributed by atoms with Crippen LogP contribution in [0.4, 0.5) is 4.39 Å². The van der Waals surface area contributed by atoms with Gasteiger partial charge in [-0.1, -0.05) is 12.8 Å². The number of hydrogen-bond acceptors (Lipinski definition) is 8. The van der Waals surface area contributed by atoms with Crippen molar-refractivity contribution in [3.63, 3.8) is 0 Å². The molecule has 194 valence electrons. The largest absolute Gasteiger partial charge is 0.493 e. The van der Waals surface area contributed by atoms with Crippen LogP contribution >= 0.6 is 0 Å². The minimum absolute atomic E-state index is 0.145. The molecule has 0 saturated heterocycles. The summed E-state index contributed by atoms with van der Waals surface area (Å²) < 4.78 is 35.4. The van der Waals surface area contributed by atoms with Crippen LogP contribution in [0.5, 0.6) is 17.2 Å². The first kappa shape index (κ1) is 26.9. The molecule has 3 rings (SSSR count). The number of methoxy groups -OCH3 is 1. The van der Waals surface area contributed by atoms with Gasteiger partial charge in [0.1, 0.15) is 29.8 Å². The average molecular weight is 503 g/mol. The number of amides is 1. The topological polar surface area (TPSA) is 113 Å². The molecule has 0 spiro atoms. The highest BCUT2D eigenvalue weighted by molar-refractivity contribution is 5.98. The van der Waals surface area contributed by atoms with E-state index in [1.54, 1.807) is 6.92 Å². The Morgan fingerprint density at radius 1 is 1.08 bits per heavy atom. The molecule has 1 saturated carbocycles. The number of esters is 2. The summed E-state index contributed by atoms with van der Waals surface area (Å²) >= 11 is 0. The van der Waals surface area contributed by atoms with Crippen molar-refractivity contribution in [1.29, 1.82) is 0 Å². The van der Waals surface area contributed by atoms with Crippen molar-refractivity contribution in [2.45, 2.75) is 64.7 Å². The average Bonchev–Trinajstić information content (AvgIpc) is 3.37. The van der Waals surface area contributed by atoms with Crippen molar-refractivity contribution in [2.75, 3.05) is 7.11 Å². The first-order valence-electron chi connectivity index (χ1n) is 11.8. The van der Waals surface area contributed by atoms with Crippen LogP contribution in [0.15, 0.2) is 36.5 Å². The molecule has 0 unspecified atom stereocenters. The molecule has 1 aliphatic rings. The SMILES string of the molecule is COc1ccnc(C(=O)N[C@@H](C)C(=O)O[C@@H](C)[C@H](Oc2ccc(F)cc2)C2CCCC2)c1OC(C)=O. The number of benzene rings is 1. The lowest BCUT2D eigenvalue weighted by molar-refractivity contribution is -0.156. The molecule has 1 aliphatic carbocycles. The first-order valence-corrected chi connectivity index (χ1v) is 11.8. The van der Waals surface area contributed by atoms with Crippen LogP contribution in [0, 0.1) is 11.7 Å². The maximum atomic E-state index is 13.3. The number of rotatable bonds is 10. The lowest BCUT2D eigenvalue weighted by Crippen LogP contribution is -2.45. The second kappa shape index (κ2) is 12.3. The Kier molecular flexibility index (Phi) is 9.21. The van der Waals surface area contributed by atoms with E-state index in [-0.39, 0.29) is 28.9 Å². The highest BCUT2D eigenvalue weighted by Gasteiger charge is 2.34. The molecule has 0 bridgehead atoms. The Balaban J connectivity index is 1.68. The van der Waals surface area contributed by atoms with Gasteiger partial charge in [-0.25, -0.2) is 14.2 Å². The first-order chi connectivity index (χ1) is 17.2. The predicted molar refractivity (Wildman–Crippen MR) is 127 cm³/mol. The second-order valence-electron chi connectivity index (χ2n) is 8.70. The molecule has 36 heavy (non-hydrogen) atoms. The van der Waals surface area contributed by atoms with Crippen molar-refractivity contribution in [3.8, 4) is 17.2 Å². The Morgan fingerprint density at radius 3 is 2.36 bits per heavy atom. The minimum Gasteiger partial charge on any atom is -0.493 e. The zero-order valence-corrected chi connectivity index (χ0v) is 20.8. The van der Waals surface area contributed by atoms with Crippen molar-refractivity contribution in [3.05, 3.63) is 48.0 Å². The van der Waals surface area contributed by atoms with Gasteiger partial charge in [0.25, 0.3) is 5.91 Å². The number of carbonyl (C=O) groups excluding carboxylic acids is 3. The molecular formula is C26H31FN2O7. The van der Waals surface area contributed by atoms with Gasteiger partial charge in [0.2, 0.25) is 5.75 Å². The zero-order valence-electron chi connectivity index (χ0n) is 20.8. The molecule has 3 atom stereocenters. The van der Waals surface area contributed by atoms with E-state index >= 15 is 0 Å². The summed E-state index contributed by atoms with van der Waals surface area (Å²) in [5, 5.41) is 2.53. The van der Waals surface area contributed by atoms with E-state index in [9.17, 15) is 18.8 Å². The minimum atomic E-state index is -1.03. The molecule has 10 heteroatoms. The quantitative estimate of drug-likeness (QED) is 0.488. The Hall–Kier alpha value is -3.69. The Bertz CT molecular complexity index is 1070. The number of nitrogens with one attached hydrogen (secondary N) is 1. The van der Waals surface area contributed by atoms with E-state index in [0.29, 0.717) is 5.75 Å². The van der Waals surface area contributed by atoms with Gasteiger partial charge in [-0.05, 0) is 56.9 Å². The second-order valence-corrected chi connectivity index (χ2v) is 8.70. The van der Waals surface area contributed by atoms with E-state index in [2.05, 4.69) is 10.3 Å². The number of carbonyl (C=O) groups is 3. The number of ether oxygens (including phenoxy) is 4. The van der Waals surface area contributed by atoms with Gasteiger partial charge in [-0.15, -0.1) is 0 Å². The van der Waals surface area contributed by atoms with Gasteiger partial charge in [-0.3, -0.25) is 9.59 Å². The van der Waals surface area contributed by atoms with Crippen molar-refractivity contribution >= 4 is 17.8 Å². The summed E-state index contributed by atoms with van der Waals surface area (Å²) in [6, 6.07) is 6.11. The number of aromatic nitrogens is 1. The molecule has 0 radical (unpaired) electrons. The molecular weight excluding hydrogens is 471 g/mol. The smallest absolute Gasteiger partial charge is 0.328 e. The standard InChI is InChI=1S/C26H31FN2O7/c1-15(29-25(31)22-24(35-17(3)30)21(33-4)13-14-28-22)26(32)34-16(2)23(18-7-5-6-8-18)36-20-11-9-19(27)10-12-20/h9-16,18,23H,5-8H2,1-4H3,(H,29,31)/t15-,16-,23-/m0/s1. The number of halogens is 1. The van der Waals surface area contributed by atoms with Gasteiger partial charge in [0.05, 0.1) is 7.11 Å². The fourth-order valence-corrected chi connectivity index (χ4v) is 4.20. The third-order valence-electron chi connectivity index (χ3n) is 5.97. The Morgan fingerprint density at radius 2 is 1.75 bits per heavy atom. The maximum Gasteiger partial charge on any atom is 0.328 e. The third-order valence-corrected chi connectivity index (χ3v) is 5.97. The maximum absolute atomic E-state index is 13.3. The summed E-state index contributed by atoms with van der Waals surface area (Å²) in [5.74, 6) is -1.77. The summed E-state index contributed by atoms with van der Waals surface area (Å²) in [6.45, 7) is 4.40. The van der Waals surface area contributed by atoms with Crippen LogP contribution < -0.4 is 19.5 Å². The van der Waals surface area contributed by atoms with Crippen LogP contribution in [0.3, 0.4) is 0 Å². The fraction of sp³-hybridized carbons (Fsp3) is 0.462. The highest BCUT2D eigenvalue weighted by atomic mass is 19.1. The van der Waals surface area contributed by atoms with E-state index < -0.39 is 36.1 Å². The van der Waals surface area contributed by atoms with Gasteiger partial charge in [0, 0.05) is 19.2 Å². The van der Waals surface area contributed by atoms with Crippen molar-refractivity contribution < 1.29 is 37.7 Å².